The normalized spacial score (nSPS) is 21.6. The summed E-state index contributed by atoms with van der Waals surface area (Å²) in [4.78, 5) is 32.3. The van der Waals surface area contributed by atoms with Gasteiger partial charge in [0, 0.05) is 45.1 Å². The maximum atomic E-state index is 13.7. The van der Waals surface area contributed by atoms with E-state index in [1.807, 2.05) is 13.0 Å². The number of rotatable bonds is 9. The molecule has 38 heavy (non-hydrogen) atoms. The first-order chi connectivity index (χ1) is 18.5. The first kappa shape index (κ1) is 26.2. The third kappa shape index (κ3) is 5.69. The van der Waals surface area contributed by atoms with Crippen molar-refractivity contribution in [2.75, 3.05) is 51.5 Å². The molecule has 3 aromatic rings. The molecule has 2 N–H and O–H groups in total. The van der Waals surface area contributed by atoms with Crippen molar-refractivity contribution >= 4 is 11.9 Å². The van der Waals surface area contributed by atoms with Crippen molar-refractivity contribution < 1.29 is 23.4 Å². The van der Waals surface area contributed by atoms with Crippen molar-refractivity contribution in [2.45, 2.75) is 32.5 Å². The molecule has 11 heteroatoms. The zero-order valence-corrected chi connectivity index (χ0v) is 21.7. The van der Waals surface area contributed by atoms with E-state index in [1.54, 1.807) is 25.4 Å². The summed E-state index contributed by atoms with van der Waals surface area (Å²) in [5, 5.41) is 2.92. The zero-order valence-electron chi connectivity index (χ0n) is 21.7. The van der Waals surface area contributed by atoms with E-state index in [2.05, 4.69) is 20.2 Å². The molecule has 2 aromatic heterocycles. The molecule has 0 spiro atoms. The monoisotopic (exact) mass is 524 g/mol. The topological polar surface area (TPSA) is 114 Å². The highest BCUT2D eigenvalue weighted by Gasteiger charge is 2.40. The van der Waals surface area contributed by atoms with Crippen LogP contribution in [0.15, 0.2) is 36.5 Å². The Morgan fingerprint density at radius 1 is 1.18 bits per heavy atom. The Balaban J connectivity index is 1.38. The number of anilines is 1. The number of aromatic nitrogens is 4. The van der Waals surface area contributed by atoms with Gasteiger partial charge in [-0.25, -0.2) is 19.3 Å². The minimum atomic E-state index is -0.823. The Labute approximate surface area is 220 Å². The van der Waals surface area contributed by atoms with Crippen LogP contribution in [0.25, 0.3) is 22.6 Å². The Morgan fingerprint density at radius 2 is 1.92 bits per heavy atom. The second-order valence-corrected chi connectivity index (χ2v) is 9.91. The van der Waals surface area contributed by atoms with Gasteiger partial charge in [0.15, 0.2) is 5.82 Å². The number of ether oxygens (including phenoxy) is 3. The predicted molar refractivity (Wildman–Crippen MR) is 139 cm³/mol. The standard InChI is InChI=1S/C27H33FN6O4/c1-27(25(35)29-11-5-15-36-2)16-37-24(38-17-27)23-32-21(18-6-8-19(28)9-7-18)22(33-23)20-10-12-30-26(31-20)34-13-3-4-14-34/h6-10,12,24H,3-5,11,13-17H2,1-2H3,(H,29,35)(H,32,33). The number of hydrogen-bond acceptors (Lipinski definition) is 8. The molecule has 5 rings (SSSR count). The molecular weight excluding hydrogens is 491 g/mol. The fourth-order valence-electron chi connectivity index (χ4n) is 4.59. The fraction of sp³-hybridized carbons (Fsp3) is 0.481. The van der Waals surface area contributed by atoms with E-state index in [0.29, 0.717) is 42.0 Å². The maximum absolute atomic E-state index is 13.7. The molecule has 0 aliphatic carbocycles. The highest BCUT2D eigenvalue weighted by atomic mass is 19.1. The average molecular weight is 525 g/mol. The van der Waals surface area contributed by atoms with Gasteiger partial charge in [-0.05, 0) is 56.5 Å². The van der Waals surface area contributed by atoms with Gasteiger partial charge >= 0.3 is 0 Å². The highest BCUT2D eigenvalue weighted by Crippen LogP contribution is 2.36. The first-order valence-electron chi connectivity index (χ1n) is 12.9. The lowest BCUT2D eigenvalue weighted by atomic mass is 9.91. The van der Waals surface area contributed by atoms with Crippen LogP contribution in [0.5, 0.6) is 0 Å². The number of methoxy groups -OCH3 is 1. The number of nitrogens with one attached hydrogen (secondary N) is 2. The van der Waals surface area contributed by atoms with E-state index in [4.69, 9.17) is 24.2 Å². The highest BCUT2D eigenvalue weighted by molar-refractivity contribution is 5.82. The number of nitrogens with zero attached hydrogens (tertiary/aromatic N) is 4. The van der Waals surface area contributed by atoms with E-state index in [-0.39, 0.29) is 24.9 Å². The van der Waals surface area contributed by atoms with Gasteiger partial charge in [-0.1, -0.05) is 0 Å². The van der Waals surface area contributed by atoms with Crippen molar-refractivity contribution in [2.24, 2.45) is 5.41 Å². The van der Waals surface area contributed by atoms with Crippen LogP contribution >= 0.6 is 0 Å². The van der Waals surface area contributed by atoms with Gasteiger partial charge in [0.2, 0.25) is 18.1 Å². The fourth-order valence-corrected chi connectivity index (χ4v) is 4.59. The number of halogens is 1. The van der Waals surface area contributed by atoms with Gasteiger partial charge < -0.3 is 29.4 Å². The number of aromatic amines is 1. The van der Waals surface area contributed by atoms with Gasteiger partial charge in [0.1, 0.15) is 5.82 Å². The molecule has 0 saturated carbocycles. The molecule has 0 unspecified atom stereocenters. The number of carbonyl (C=O) groups excluding carboxylic acids is 1. The minimum absolute atomic E-state index is 0.130. The summed E-state index contributed by atoms with van der Waals surface area (Å²) in [5.41, 5.74) is 1.82. The van der Waals surface area contributed by atoms with Crippen molar-refractivity contribution in [1.29, 1.82) is 0 Å². The van der Waals surface area contributed by atoms with Crippen LogP contribution in [0.3, 0.4) is 0 Å². The van der Waals surface area contributed by atoms with Crippen LogP contribution in [-0.4, -0.2) is 72.4 Å². The lowest BCUT2D eigenvalue weighted by molar-refractivity contribution is -0.231. The van der Waals surface area contributed by atoms with Crippen molar-refractivity contribution in [3.8, 4) is 22.6 Å². The van der Waals surface area contributed by atoms with E-state index in [0.717, 1.165) is 37.9 Å². The molecule has 0 atom stereocenters. The third-order valence-corrected chi connectivity index (χ3v) is 6.82. The van der Waals surface area contributed by atoms with Crippen molar-refractivity contribution in [1.82, 2.24) is 25.3 Å². The van der Waals surface area contributed by atoms with Crippen molar-refractivity contribution in [3.05, 3.63) is 48.2 Å². The Bertz CT molecular complexity index is 1240. The molecular formula is C27H33FN6O4. The summed E-state index contributed by atoms with van der Waals surface area (Å²) >= 11 is 0. The van der Waals surface area contributed by atoms with Crippen LogP contribution in [0.2, 0.25) is 0 Å². The third-order valence-electron chi connectivity index (χ3n) is 6.82. The first-order valence-corrected chi connectivity index (χ1v) is 12.9. The van der Waals surface area contributed by atoms with E-state index in [1.165, 1.54) is 12.1 Å². The van der Waals surface area contributed by atoms with Crippen LogP contribution in [0, 0.1) is 11.2 Å². The van der Waals surface area contributed by atoms with Crippen LogP contribution < -0.4 is 10.2 Å². The predicted octanol–water partition coefficient (Wildman–Crippen LogP) is 3.48. The van der Waals surface area contributed by atoms with Gasteiger partial charge in [0.05, 0.1) is 35.7 Å². The van der Waals surface area contributed by atoms with E-state index < -0.39 is 11.7 Å². The Morgan fingerprint density at radius 3 is 2.63 bits per heavy atom. The molecule has 202 valence electrons. The SMILES string of the molecule is COCCCNC(=O)C1(C)COC(c2nc(-c3ccc(F)cc3)c(-c3ccnc(N4CCCC4)n3)[nH]2)OC1. The summed E-state index contributed by atoms with van der Waals surface area (Å²) in [5.74, 6) is 0.652. The Kier molecular flexibility index (Phi) is 7.96. The zero-order chi connectivity index (χ0) is 26.5. The van der Waals surface area contributed by atoms with Crippen LogP contribution in [0.4, 0.5) is 10.3 Å². The minimum Gasteiger partial charge on any atom is -0.385 e. The molecule has 4 heterocycles. The average Bonchev–Trinajstić information content (AvgIpc) is 3.63. The van der Waals surface area contributed by atoms with E-state index in [9.17, 15) is 9.18 Å². The van der Waals surface area contributed by atoms with Gasteiger partial charge in [-0.15, -0.1) is 0 Å². The van der Waals surface area contributed by atoms with E-state index >= 15 is 0 Å². The summed E-state index contributed by atoms with van der Waals surface area (Å²) in [6, 6.07) is 7.96. The summed E-state index contributed by atoms with van der Waals surface area (Å²) in [6.07, 6.45) is 3.89. The number of benzene rings is 1. The second kappa shape index (κ2) is 11.5. The molecule has 0 radical (unpaired) electrons. The number of H-pyrrole nitrogens is 1. The second-order valence-electron chi connectivity index (χ2n) is 9.91. The lowest BCUT2D eigenvalue weighted by Gasteiger charge is -2.35. The molecule has 1 amide bonds. The maximum Gasteiger partial charge on any atom is 0.230 e. The van der Waals surface area contributed by atoms with Crippen LogP contribution in [0.1, 0.15) is 38.3 Å². The van der Waals surface area contributed by atoms with Gasteiger partial charge in [0.25, 0.3) is 0 Å². The Hall–Kier alpha value is -3.41. The molecule has 1 aromatic carbocycles. The summed E-state index contributed by atoms with van der Waals surface area (Å²) in [7, 11) is 1.63. The number of imidazole rings is 1. The lowest BCUT2D eigenvalue weighted by Crippen LogP contribution is -2.48. The summed E-state index contributed by atoms with van der Waals surface area (Å²) < 4.78 is 30.7. The molecule has 10 nitrogen and oxygen atoms in total. The molecule has 2 fully saturated rings. The summed E-state index contributed by atoms with van der Waals surface area (Å²) in [6.45, 7) is 5.09. The molecule has 2 aliphatic heterocycles. The quantitative estimate of drug-likeness (QED) is 0.409. The van der Waals surface area contributed by atoms with Crippen LogP contribution in [-0.2, 0) is 19.0 Å². The molecule has 2 aliphatic rings. The smallest absolute Gasteiger partial charge is 0.230 e. The van der Waals surface area contributed by atoms with Gasteiger partial charge in [-0.3, -0.25) is 4.79 Å². The number of carbonyl (C=O) groups is 1. The molecule has 2 saturated heterocycles. The molecule has 0 bridgehead atoms. The number of hydrogen-bond donors (Lipinski definition) is 2. The van der Waals surface area contributed by atoms with Gasteiger partial charge in [-0.2, -0.15) is 0 Å². The largest absolute Gasteiger partial charge is 0.385 e. The van der Waals surface area contributed by atoms with Crippen molar-refractivity contribution in [3.63, 3.8) is 0 Å². The number of amides is 1.